The van der Waals surface area contributed by atoms with Crippen LogP contribution in [0.4, 0.5) is 10.3 Å². The molecule has 0 bridgehead atoms. The molecule has 0 spiro atoms. The maximum absolute atomic E-state index is 13.3. The summed E-state index contributed by atoms with van der Waals surface area (Å²) in [6.07, 6.45) is 12.8. The van der Waals surface area contributed by atoms with Crippen molar-refractivity contribution in [1.82, 2.24) is 34.3 Å². The summed E-state index contributed by atoms with van der Waals surface area (Å²) in [5.41, 5.74) is 4.50. The Kier molecular flexibility index (Phi) is 6.53. The van der Waals surface area contributed by atoms with Gasteiger partial charge in [-0.2, -0.15) is 10.2 Å². The number of hydrogen-bond acceptors (Lipinski definition) is 9. The van der Waals surface area contributed by atoms with Gasteiger partial charge in [0.1, 0.15) is 29.9 Å². The van der Waals surface area contributed by atoms with Crippen molar-refractivity contribution in [2.45, 2.75) is 31.1 Å². The van der Waals surface area contributed by atoms with Gasteiger partial charge in [0.15, 0.2) is 0 Å². The number of halogens is 1. The average Bonchev–Trinajstić information content (AvgIpc) is 3.77. The number of ether oxygens (including phenoxy) is 1. The van der Waals surface area contributed by atoms with Crippen molar-refractivity contribution < 1.29 is 19.3 Å². The smallest absolute Gasteiger partial charge is 0.225 e. The quantitative estimate of drug-likeness (QED) is 0.318. The highest BCUT2D eigenvalue weighted by Crippen LogP contribution is 2.32. The molecule has 7 rings (SSSR count). The van der Waals surface area contributed by atoms with Gasteiger partial charge in [0.05, 0.1) is 30.6 Å². The van der Waals surface area contributed by atoms with Crippen molar-refractivity contribution in [2.75, 3.05) is 31.2 Å². The molecule has 4 aromatic heterocycles. The zero-order valence-electron chi connectivity index (χ0n) is 22.9. The fourth-order valence-corrected chi connectivity index (χ4v) is 5.53. The molecule has 12 heteroatoms. The van der Waals surface area contributed by atoms with E-state index in [2.05, 4.69) is 42.2 Å². The van der Waals surface area contributed by atoms with Crippen LogP contribution in [0, 0.1) is 5.82 Å². The van der Waals surface area contributed by atoms with E-state index in [0.717, 1.165) is 34.3 Å². The lowest BCUT2D eigenvalue weighted by molar-refractivity contribution is 0.101. The van der Waals surface area contributed by atoms with Crippen LogP contribution in [-0.4, -0.2) is 77.0 Å². The van der Waals surface area contributed by atoms with Crippen LogP contribution >= 0.6 is 0 Å². The molecule has 1 unspecified atom stereocenters. The summed E-state index contributed by atoms with van der Waals surface area (Å²) in [6.45, 7) is 3.70. The van der Waals surface area contributed by atoms with Crippen LogP contribution in [0.3, 0.4) is 0 Å². The second-order valence-electron chi connectivity index (χ2n) is 10.8. The third-order valence-electron chi connectivity index (χ3n) is 8.10. The van der Waals surface area contributed by atoms with E-state index in [4.69, 9.17) is 4.74 Å². The van der Waals surface area contributed by atoms with Crippen molar-refractivity contribution >= 4 is 17.0 Å². The summed E-state index contributed by atoms with van der Waals surface area (Å²) < 4.78 is 22.3. The van der Waals surface area contributed by atoms with Crippen molar-refractivity contribution in [3.63, 3.8) is 0 Å². The molecule has 5 aromatic rings. The molecular formula is C30H29FN8O3. The molecule has 1 fully saturated rings. The molecule has 6 heterocycles. The first-order valence-corrected chi connectivity index (χ1v) is 13.8. The molecule has 214 valence electrons. The number of aliphatic hydroxyl groups excluding tert-OH is 1. The Morgan fingerprint density at radius 1 is 0.976 bits per heavy atom. The van der Waals surface area contributed by atoms with E-state index in [1.54, 1.807) is 48.7 Å². The number of anilines is 1. The minimum Gasteiger partial charge on any atom is -0.388 e. The van der Waals surface area contributed by atoms with E-state index in [1.807, 2.05) is 16.9 Å². The lowest BCUT2D eigenvalue weighted by Gasteiger charge is -2.28. The lowest BCUT2D eigenvalue weighted by atomic mass is 9.90. The fourth-order valence-electron chi connectivity index (χ4n) is 5.53. The van der Waals surface area contributed by atoms with Crippen LogP contribution in [0.25, 0.3) is 22.2 Å². The number of benzene rings is 1. The minimum atomic E-state index is -1.35. The molecule has 0 saturated carbocycles. The van der Waals surface area contributed by atoms with Gasteiger partial charge in [-0.3, -0.25) is 4.68 Å². The SMILES string of the molecule is CC(O)(c1ccc(F)cc1)c1cnc(N2CC=C(c3ncnn4cc(-c5cnn([C@H]6COC[C@H]6O)c5)cc34)CC2)nc1. The monoisotopic (exact) mass is 568 g/mol. The Morgan fingerprint density at radius 2 is 1.79 bits per heavy atom. The van der Waals surface area contributed by atoms with Crippen LogP contribution in [0.15, 0.2) is 73.7 Å². The normalized spacial score (nSPS) is 20.6. The maximum atomic E-state index is 13.3. The van der Waals surface area contributed by atoms with Crippen LogP contribution in [0.1, 0.15) is 36.2 Å². The van der Waals surface area contributed by atoms with E-state index in [0.29, 0.717) is 43.4 Å². The summed E-state index contributed by atoms with van der Waals surface area (Å²) in [5, 5.41) is 30.1. The van der Waals surface area contributed by atoms with Crippen molar-refractivity contribution in [3.05, 3.63) is 96.4 Å². The second kappa shape index (κ2) is 10.4. The highest BCUT2D eigenvalue weighted by molar-refractivity contribution is 5.80. The summed E-state index contributed by atoms with van der Waals surface area (Å²) in [5.74, 6) is 0.208. The molecule has 3 atom stereocenters. The Bertz CT molecular complexity index is 1760. The molecule has 2 N–H and O–H groups in total. The molecule has 0 radical (unpaired) electrons. The van der Waals surface area contributed by atoms with Gasteiger partial charge in [0.2, 0.25) is 5.95 Å². The number of fused-ring (bicyclic) bond motifs is 1. The van der Waals surface area contributed by atoms with E-state index < -0.39 is 11.7 Å². The Morgan fingerprint density at radius 3 is 2.50 bits per heavy atom. The minimum absolute atomic E-state index is 0.190. The number of aliphatic hydroxyl groups is 2. The van der Waals surface area contributed by atoms with E-state index in [-0.39, 0.29) is 11.9 Å². The highest BCUT2D eigenvalue weighted by atomic mass is 19.1. The Balaban J connectivity index is 1.09. The standard InChI is InChI=1S/C30H29FN8O3/c1-30(41,22-2-4-24(31)5-3-22)23-12-32-29(33-13-23)37-8-6-19(7-9-37)28-25-10-20(14-38(25)36-18-34-28)21-11-35-39(15-21)26-16-42-17-27(26)40/h2-6,10-15,18,26-27,40-41H,7-9,16-17H2,1H3/t26-,27+,30?/m0/s1. The molecule has 0 amide bonds. The number of rotatable bonds is 6. The zero-order valence-corrected chi connectivity index (χ0v) is 22.9. The van der Waals surface area contributed by atoms with Crippen molar-refractivity contribution in [2.24, 2.45) is 0 Å². The molecule has 0 aliphatic carbocycles. The second-order valence-corrected chi connectivity index (χ2v) is 10.8. The zero-order chi connectivity index (χ0) is 28.8. The van der Waals surface area contributed by atoms with Crippen LogP contribution in [-0.2, 0) is 10.3 Å². The number of nitrogens with zero attached hydrogens (tertiary/aromatic N) is 8. The number of aromatic nitrogens is 7. The van der Waals surface area contributed by atoms with E-state index in [9.17, 15) is 14.6 Å². The molecule has 42 heavy (non-hydrogen) atoms. The van der Waals surface area contributed by atoms with Crippen molar-refractivity contribution in [3.8, 4) is 11.1 Å². The van der Waals surface area contributed by atoms with Gasteiger partial charge < -0.3 is 19.8 Å². The van der Waals surface area contributed by atoms with E-state index >= 15 is 0 Å². The summed E-state index contributed by atoms with van der Waals surface area (Å²) in [7, 11) is 0. The lowest BCUT2D eigenvalue weighted by Crippen LogP contribution is -2.30. The highest BCUT2D eigenvalue weighted by Gasteiger charge is 2.29. The first-order valence-electron chi connectivity index (χ1n) is 13.8. The van der Waals surface area contributed by atoms with Crippen LogP contribution < -0.4 is 4.90 Å². The third-order valence-corrected chi connectivity index (χ3v) is 8.10. The first kappa shape index (κ1) is 26.4. The van der Waals surface area contributed by atoms with Crippen LogP contribution in [0.2, 0.25) is 0 Å². The Hall–Kier alpha value is -4.52. The average molecular weight is 569 g/mol. The van der Waals surface area contributed by atoms with Gasteiger partial charge in [0.25, 0.3) is 0 Å². The van der Waals surface area contributed by atoms with Gasteiger partial charge in [-0.25, -0.2) is 23.9 Å². The molecule has 2 aliphatic heterocycles. The maximum Gasteiger partial charge on any atom is 0.225 e. The van der Waals surface area contributed by atoms with Gasteiger partial charge in [-0.1, -0.05) is 18.2 Å². The largest absolute Gasteiger partial charge is 0.388 e. The van der Waals surface area contributed by atoms with Crippen LogP contribution in [0.5, 0.6) is 0 Å². The molecular weight excluding hydrogens is 539 g/mol. The summed E-state index contributed by atoms with van der Waals surface area (Å²) >= 11 is 0. The third kappa shape index (κ3) is 4.73. The predicted molar refractivity (Wildman–Crippen MR) is 152 cm³/mol. The molecule has 1 aromatic carbocycles. The van der Waals surface area contributed by atoms with Gasteiger partial charge >= 0.3 is 0 Å². The van der Waals surface area contributed by atoms with E-state index in [1.165, 1.54) is 12.1 Å². The summed E-state index contributed by atoms with van der Waals surface area (Å²) in [6, 6.07) is 7.63. The number of hydrogen-bond donors (Lipinski definition) is 2. The summed E-state index contributed by atoms with van der Waals surface area (Å²) in [4.78, 5) is 15.7. The molecule has 11 nitrogen and oxygen atoms in total. The fraction of sp³-hybridized carbons (Fsp3) is 0.300. The van der Waals surface area contributed by atoms with Crippen molar-refractivity contribution in [1.29, 1.82) is 0 Å². The van der Waals surface area contributed by atoms with Gasteiger partial charge in [0, 0.05) is 54.6 Å². The van der Waals surface area contributed by atoms with Gasteiger partial charge in [-0.15, -0.1) is 0 Å². The Labute approximate surface area is 240 Å². The molecule has 2 aliphatic rings. The van der Waals surface area contributed by atoms with Gasteiger partial charge in [-0.05, 0) is 42.7 Å². The first-order chi connectivity index (χ1) is 20.4. The molecule has 1 saturated heterocycles. The topological polar surface area (TPSA) is 127 Å². The predicted octanol–water partition coefficient (Wildman–Crippen LogP) is 3.00.